The second-order valence-electron chi connectivity index (χ2n) is 6.59. The molecule has 5 heteroatoms. The second kappa shape index (κ2) is 7.44. The topological polar surface area (TPSA) is 49.6 Å². The van der Waals surface area contributed by atoms with Crippen LogP contribution in [0.15, 0.2) is 30.3 Å². The van der Waals surface area contributed by atoms with Crippen molar-refractivity contribution >= 4 is 18.3 Å². The van der Waals surface area contributed by atoms with Crippen LogP contribution < -0.4 is 5.73 Å². The van der Waals surface area contributed by atoms with Crippen molar-refractivity contribution < 1.29 is 4.79 Å². The molecule has 4 nitrogen and oxygen atoms in total. The van der Waals surface area contributed by atoms with Crippen LogP contribution in [0.4, 0.5) is 0 Å². The number of likely N-dealkylation sites (N-methyl/N-ethyl adjacent to an activating group) is 1. The average Bonchev–Trinajstić information content (AvgIpc) is 3.02. The van der Waals surface area contributed by atoms with Crippen LogP contribution in [-0.2, 0) is 11.3 Å². The summed E-state index contributed by atoms with van der Waals surface area (Å²) in [5.74, 6) is 1.52. The van der Waals surface area contributed by atoms with Gasteiger partial charge in [0.15, 0.2) is 0 Å². The van der Waals surface area contributed by atoms with Gasteiger partial charge in [-0.2, -0.15) is 0 Å². The van der Waals surface area contributed by atoms with Crippen molar-refractivity contribution in [2.24, 2.45) is 17.6 Å². The molecule has 3 atom stereocenters. The minimum absolute atomic E-state index is 0. The smallest absolute Gasteiger partial charge is 0.236 e. The maximum atomic E-state index is 12.4. The molecule has 2 aliphatic rings. The molecule has 1 aromatic rings. The Morgan fingerprint density at radius 1 is 1.27 bits per heavy atom. The Balaban J connectivity index is 0.00000176. The molecule has 0 spiro atoms. The second-order valence-corrected chi connectivity index (χ2v) is 6.59. The molecule has 1 aromatic carbocycles. The maximum Gasteiger partial charge on any atom is 0.236 e. The third-order valence-electron chi connectivity index (χ3n) is 5.04. The maximum absolute atomic E-state index is 12.4. The third-order valence-corrected chi connectivity index (χ3v) is 5.04. The van der Waals surface area contributed by atoms with E-state index in [1.165, 1.54) is 12.0 Å². The van der Waals surface area contributed by atoms with Crippen molar-refractivity contribution in [3.8, 4) is 0 Å². The highest BCUT2D eigenvalue weighted by molar-refractivity contribution is 5.85. The van der Waals surface area contributed by atoms with E-state index >= 15 is 0 Å². The van der Waals surface area contributed by atoms with Gasteiger partial charge in [-0.1, -0.05) is 30.3 Å². The molecule has 0 bridgehead atoms. The predicted molar refractivity (Wildman–Crippen MR) is 90.8 cm³/mol. The van der Waals surface area contributed by atoms with Crippen LogP contribution in [0.2, 0.25) is 0 Å². The summed E-state index contributed by atoms with van der Waals surface area (Å²) in [6.45, 7) is 3.25. The zero-order chi connectivity index (χ0) is 14.8. The van der Waals surface area contributed by atoms with E-state index in [1.54, 1.807) is 0 Å². The lowest BCUT2D eigenvalue weighted by Crippen LogP contribution is -2.38. The first kappa shape index (κ1) is 17.3. The van der Waals surface area contributed by atoms with Crippen LogP contribution in [0.5, 0.6) is 0 Å². The number of benzene rings is 1. The van der Waals surface area contributed by atoms with Gasteiger partial charge in [0.2, 0.25) is 5.91 Å². The molecule has 1 aliphatic carbocycles. The number of halogens is 1. The molecule has 122 valence electrons. The lowest BCUT2D eigenvalue weighted by Gasteiger charge is -2.22. The van der Waals surface area contributed by atoms with Crippen molar-refractivity contribution in [2.75, 3.05) is 26.7 Å². The quantitative estimate of drug-likeness (QED) is 0.918. The van der Waals surface area contributed by atoms with Crippen molar-refractivity contribution in [3.63, 3.8) is 0 Å². The first-order valence-electron chi connectivity index (χ1n) is 7.89. The monoisotopic (exact) mass is 323 g/mol. The van der Waals surface area contributed by atoms with Gasteiger partial charge < -0.3 is 10.6 Å². The fraction of sp³-hybridized carbons (Fsp3) is 0.588. The number of likely N-dealkylation sites (tertiary alicyclic amines) is 1. The summed E-state index contributed by atoms with van der Waals surface area (Å²) < 4.78 is 0. The van der Waals surface area contributed by atoms with Gasteiger partial charge in [-0.05, 0) is 30.2 Å². The van der Waals surface area contributed by atoms with E-state index in [9.17, 15) is 4.79 Å². The molecule has 1 saturated heterocycles. The minimum Gasteiger partial charge on any atom is -0.340 e. The van der Waals surface area contributed by atoms with E-state index < -0.39 is 0 Å². The zero-order valence-corrected chi connectivity index (χ0v) is 14.0. The van der Waals surface area contributed by atoms with E-state index in [4.69, 9.17) is 5.73 Å². The number of hydrogen-bond donors (Lipinski definition) is 1. The van der Waals surface area contributed by atoms with Gasteiger partial charge in [-0.15, -0.1) is 12.4 Å². The van der Waals surface area contributed by atoms with Gasteiger partial charge in [0.1, 0.15) is 0 Å². The van der Waals surface area contributed by atoms with Crippen molar-refractivity contribution in [1.29, 1.82) is 0 Å². The molecule has 22 heavy (non-hydrogen) atoms. The largest absolute Gasteiger partial charge is 0.340 e. The summed E-state index contributed by atoms with van der Waals surface area (Å²) in [7, 11) is 1.89. The standard InChI is InChI=1S/C17H25N3O.ClH/c1-19(9-13-5-3-2-4-6-13)17(21)12-20-10-14-7-8-16(18)15(14)11-20;/h2-6,14-16H,7-12,18H2,1H3;1H. The van der Waals surface area contributed by atoms with E-state index in [1.807, 2.05) is 30.1 Å². The normalized spacial score (nSPS) is 27.3. The number of amides is 1. The molecule has 3 rings (SSSR count). The fourth-order valence-corrected chi connectivity index (χ4v) is 3.79. The summed E-state index contributed by atoms with van der Waals surface area (Å²) in [5.41, 5.74) is 7.33. The average molecular weight is 324 g/mol. The van der Waals surface area contributed by atoms with Crippen LogP contribution in [0.1, 0.15) is 18.4 Å². The van der Waals surface area contributed by atoms with Gasteiger partial charge in [0.25, 0.3) is 0 Å². The number of rotatable bonds is 4. The number of fused-ring (bicyclic) bond motifs is 1. The Morgan fingerprint density at radius 3 is 2.68 bits per heavy atom. The van der Waals surface area contributed by atoms with E-state index in [0.717, 1.165) is 19.5 Å². The number of carbonyl (C=O) groups is 1. The van der Waals surface area contributed by atoms with Crippen molar-refractivity contribution in [1.82, 2.24) is 9.80 Å². The molecular formula is C17H26ClN3O. The SMILES string of the molecule is CN(Cc1ccccc1)C(=O)CN1CC2CCC(N)C2C1.Cl. The van der Waals surface area contributed by atoms with E-state index in [0.29, 0.717) is 31.0 Å². The van der Waals surface area contributed by atoms with Gasteiger partial charge in [0, 0.05) is 32.7 Å². The molecule has 1 aliphatic heterocycles. The number of hydrogen-bond acceptors (Lipinski definition) is 3. The Hall–Kier alpha value is -1.10. The highest BCUT2D eigenvalue weighted by Crippen LogP contribution is 2.36. The first-order valence-corrected chi connectivity index (χ1v) is 7.89. The lowest BCUT2D eigenvalue weighted by atomic mass is 9.98. The minimum atomic E-state index is 0. The summed E-state index contributed by atoms with van der Waals surface area (Å²) >= 11 is 0. The molecule has 1 heterocycles. The Kier molecular flexibility index (Phi) is 5.84. The zero-order valence-electron chi connectivity index (χ0n) is 13.1. The summed E-state index contributed by atoms with van der Waals surface area (Å²) in [6.07, 6.45) is 2.39. The van der Waals surface area contributed by atoms with Gasteiger partial charge in [-0.3, -0.25) is 9.69 Å². The first-order chi connectivity index (χ1) is 10.1. The van der Waals surface area contributed by atoms with Crippen LogP contribution in [0.3, 0.4) is 0 Å². The predicted octanol–water partition coefficient (Wildman–Crippen LogP) is 1.74. The molecule has 3 unspecified atom stereocenters. The van der Waals surface area contributed by atoms with E-state index in [2.05, 4.69) is 17.0 Å². The molecule has 0 radical (unpaired) electrons. The Morgan fingerprint density at radius 2 is 2.00 bits per heavy atom. The molecule has 1 saturated carbocycles. The molecule has 2 N–H and O–H groups in total. The van der Waals surface area contributed by atoms with Gasteiger partial charge >= 0.3 is 0 Å². The summed E-state index contributed by atoms with van der Waals surface area (Å²) in [6, 6.07) is 10.5. The number of carbonyl (C=O) groups excluding carboxylic acids is 1. The molecule has 2 fully saturated rings. The van der Waals surface area contributed by atoms with Crippen LogP contribution in [0.25, 0.3) is 0 Å². The van der Waals surface area contributed by atoms with Gasteiger partial charge in [-0.25, -0.2) is 0 Å². The van der Waals surface area contributed by atoms with Crippen molar-refractivity contribution in [3.05, 3.63) is 35.9 Å². The van der Waals surface area contributed by atoms with Crippen LogP contribution in [0, 0.1) is 11.8 Å². The lowest BCUT2D eigenvalue weighted by molar-refractivity contribution is -0.131. The van der Waals surface area contributed by atoms with E-state index in [-0.39, 0.29) is 18.3 Å². The summed E-state index contributed by atoms with van der Waals surface area (Å²) in [5, 5.41) is 0. The third kappa shape index (κ3) is 3.80. The highest BCUT2D eigenvalue weighted by Gasteiger charge is 2.41. The van der Waals surface area contributed by atoms with Crippen LogP contribution in [-0.4, -0.2) is 48.4 Å². The summed E-state index contributed by atoms with van der Waals surface area (Å²) in [4.78, 5) is 16.5. The fourth-order valence-electron chi connectivity index (χ4n) is 3.79. The Labute approximate surface area is 139 Å². The highest BCUT2D eigenvalue weighted by atomic mass is 35.5. The number of nitrogens with zero attached hydrogens (tertiary/aromatic N) is 2. The molecule has 1 amide bonds. The van der Waals surface area contributed by atoms with Crippen molar-refractivity contribution in [2.45, 2.75) is 25.4 Å². The molecule has 0 aromatic heterocycles. The van der Waals surface area contributed by atoms with Crippen LogP contribution >= 0.6 is 12.4 Å². The van der Waals surface area contributed by atoms with Gasteiger partial charge in [0.05, 0.1) is 6.54 Å². The molecular weight excluding hydrogens is 298 g/mol. The number of nitrogens with two attached hydrogens (primary N) is 1. The Bertz CT molecular complexity index is 496.